The highest BCUT2D eigenvalue weighted by molar-refractivity contribution is 5.85. The van der Waals surface area contributed by atoms with Crippen LogP contribution in [0.2, 0.25) is 0 Å². The largest absolute Gasteiger partial charge is 0.497 e. The van der Waals surface area contributed by atoms with Gasteiger partial charge in [0.25, 0.3) is 0 Å². The average Bonchev–Trinajstić information content (AvgIpc) is 2.36. The molecule has 0 spiro atoms. The van der Waals surface area contributed by atoms with Crippen molar-refractivity contribution >= 4 is 18.3 Å². The van der Waals surface area contributed by atoms with E-state index in [1.807, 2.05) is 31.2 Å². The summed E-state index contributed by atoms with van der Waals surface area (Å²) in [5.41, 5.74) is 6.53. The fraction of sp³-hybridized carbons (Fsp3) is 0.462. The van der Waals surface area contributed by atoms with Gasteiger partial charge in [-0.25, -0.2) is 0 Å². The van der Waals surface area contributed by atoms with E-state index in [4.69, 9.17) is 10.5 Å². The lowest BCUT2D eigenvalue weighted by Crippen LogP contribution is -2.37. The van der Waals surface area contributed by atoms with Crippen molar-refractivity contribution in [1.82, 2.24) is 5.32 Å². The topological polar surface area (TPSA) is 64.3 Å². The second-order valence-electron chi connectivity index (χ2n) is 4.06. The second-order valence-corrected chi connectivity index (χ2v) is 4.06. The van der Waals surface area contributed by atoms with Gasteiger partial charge in [0.05, 0.1) is 7.11 Å². The van der Waals surface area contributed by atoms with Crippen LogP contribution in [0.25, 0.3) is 0 Å². The van der Waals surface area contributed by atoms with Crippen molar-refractivity contribution in [2.75, 3.05) is 13.7 Å². The number of nitrogens with two attached hydrogens (primary N) is 1. The predicted octanol–water partition coefficient (Wildman–Crippen LogP) is 1.51. The Morgan fingerprint density at radius 1 is 1.50 bits per heavy atom. The molecular weight excluding hydrogens is 252 g/mol. The first-order valence-corrected chi connectivity index (χ1v) is 5.78. The standard InChI is InChI=1S/C13H20N2O2.ClH/c1-10(9-14)15-13(16)7-6-11-4-3-5-12(8-11)17-2;/h3-5,8,10H,6-7,9,14H2,1-2H3,(H,15,16);1H/t10-;/m0./s1. The Hall–Kier alpha value is -1.26. The minimum Gasteiger partial charge on any atom is -0.497 e. The zero-order chi connectivity index (χ0) is 12.7. The van der Waals surface area contributed by atoms with E-state index in [1.54, 1.807) is 7.11 Å². The first kappa shape index (κ1) is 16.7. The molecule has 0 heterocycles. The van der Waals surface area contributed by atoms with Crippen LogP contribution in [0.15, 0.2) is 24.3 Å². The molecule has 1 amide bonds. The van der Waals surface area contributed by atoms with Crippen molar-refractivity contribution in [3.63, 3.8) is 0 Å². The summed E-state index contributed by atoms with van der Waals surface area (Å²) >= 11 is 0. The van der Waals surface area contributed by atoms with Crippen LogP contribution in [0.4, 0.5) is 0 Å². The zero-order valence-electron chi connectivity index (χ0n) is 10.8. The van der Waals surface area contributed by atoms with E-state index in [9.17, 15) is 4.79 Å². The molecule has 0 unspecified atom stereocenters. The zero-order valence-corrected chi connectivity index (χ0v) is 11.6. The first-order valence-electron chi connectivity index (χ1n) is 5.78. The smallest absolute Gasteiger partial charge is 0.220 e. The van der Waals surface area contributed by atoms with Gasteiger partial charge < -0.3 is 15.8 Å². The van der Waals surface area contributed by atoms with Crippen LogP contribution in [-0.4, -0.2) is 25.6 Å². The fourth-order valence-corrected chi connectivity index (χ4v) is 1.49. The lowest BCUT2D eigenvalue weighted by atomic mass is 10.1. The van der Waals surface area contributed by atoms with Gasteiger partial charge in [0.15, 0.2) is 0 Å². The number of amides is 1. The Morgan fingerprint density at radius 3 is 2.83 bits per heavy atom. The van der Waals surface area contributed by atoms with Crippen LogP contribution >= 0.6 is 12.4 Å². The molecule has 0 saturated heterocycles. The minimum absolute atomic E-state index is 0. The van der Waals surface area contributed by atoms with Gasteiger partial charge in [-0.2, -0.15) is 0 Å². The van der Waals surface area contributed by atoms with Crippen molar-refractivity contribution in [1.29, 1.82) is 0 Å². The van der Waals surface area contributed by atoms with E-state index in [2.05, 4.69) is 5.32 Å². The number of methoxy groups -OCH3 is 1. The number of ether oxygens (including phenoxy) is 1. The van der Waals surface area contributed by atoms with E-state index in [0.717, 1.165) is 11.3 Å². The number of halogens is 1. The van der Waals surface area contributed by atoms with E-state index in [-0.39, 0.29) is 24.4 Å². The highest BCUT2D eigenvalue weighted by Crippen LogP contribution is 2.13. The Bertz CT molecular complexity index is 372. The fourth-order valence-electron chi connectivity index (χ4n) is 1.49. The number of carbonyl (C=O) groups is 1. The molecule has 18 heavy (non-hydrogen) atoms. The van der Waals surface area contributed by atoms with Crippen molar-refractivity contribution in [2.24, 2.45) is 5.73 Å². The Labute approximate surface area is 114 Å². The number of benzene rings is 1. The summed E-state index contributed by atoms with van der Waals surface area (Å²) in [5.74, 6) is 0.851. The molecule has 1 atom stereocenters. The molecule has 0 fully saturated rings. The first-order chi connectivity index (χ1) is 8.15. The quantitative estimate of drug-likeness (QED) is 0.825. The third-order valence-electron chi connectivity index (χ3n) is 2.54. The Kier molecular flexibility index (Phi) is 8.16. The molecule has 0 aliphatic rings. The number of hydrogen-bond acceptors (Lipinski definition) is 3. The number of nitrogens with one attached hydrogen (secondary N) is 1. The minimum atomic E-state index is 0. The molecule has 4 nitrogen and oxygen atoms in total. The lowest BCUT2D eigenvalue weighted by Gasteiger charge is -2.11. The number of rotatable bonds is 6. The van der Waals surface area contributed by atoms with Gasteiger partial charge in [-0.15, -0.1) is 12.4 Å². The van der Waals surface area contributed by atoms with Crippen molar-refractivity contribution in [3.8, 4) is 5.75 Å². The second kappa shape index (κ2) is 8.78. The molecule has 1 aromatic carbocycles. The highest BCUT2D eigenvalue weighted by Gasteiger charge is 2.06. The van der Waals surface area contributed by atoms with Crippen molar-refractivity contribution in [3.05, 3.63) is 29.8 Å². The lowest BCUT2D eigenvalue weighted by molar-refractivity contribution is -0.121. The molecule has 1 aromatic rings. The summed E-state index contributed by atoms with van der Waals surface area (Å²) < 4.78 is 5.13. The van der Waals surface area contributed by atoms with Gasteiger partial charge in [-0.3, -0.25) is 4.79 Å². The number of aryl methyl sites for hydroxylation is 1. The third-order valence-corrected chi connectivity index (χ3v) is 2.54. The molecule has 5 heteroatoms. The van der Waals surface area contributed by atoms with Crippen LogP contribution in [0.3, 0.4) is 0 Å². The molecular formula is C13H21ClN2O2. The van der Waals surface area contributed by atoms with E-state index >= 15 is 0 Å². The van der Waals surface area contributed by atoms with Gasteiger partial charge in [0.1, 0.15) is 5.75 Å². The SMILES string of the molecule is COc1cccc(CCC(=O)N[C@@H](C)CN)c1.Cl. The molecule has 0 bridgehead atoms. The number of hydrogen-bond donors (Lipinski definition) is 2. The van der Waals surface area contributed by atoms with Crippen LogP contribution in [0.1, 0.15) is 18.9 Å². The Morgan fingerprint density at radius 2 is 2.22 bits per heavy atom. The molecule has 0 aliphatic heterocycles. The van der Waals surface area contributed by atoms with Crippen molar-refractivity contribution < 1.29 is 9.53 Å². The van der Waals surface area contributed by atoms with Crippen LogP contribution in [0.5, 0.6) is 5.75 Å². The molecule has 1 rings (SSSR count). The van der Waals surface area contributed by atoms with Gasteiger partial charge >= 0.3 is 0 Å². The summed E-state index contributed by atoms with van der Waals surface area (Å²) in [7, 11) is 1.63. The highest BCUT2D eigenvalue weighted by atomic mass is 35.5. The van der Waals surface area contributed by atoms with E-state index in [0.29, 0.717) is 19.4 Å². The summed E-state index contributed by atoms with van der Waals surface area (Å²) in [6.45, 7) is 2.36. The van der Waals surface area contributed by atoms with Crippen LogP contribution in [0, 0.1) is 0 Å². The molecule has 0 saturated carbocycles. The molecule has 0 radical (unpaired) electrons. The van der Waals surface area contributed by atoms with Gasteiger partial charge in [-0.05, 0) is 31.0 Å². The summed E-state index contributed by atoms with van der Waals surface area (Å²) in [5, 5.41) is 2.83. The maximum absolute atomic E-state index is 11.5. The normalized spacial score (nSPS) is 11.3. The third kappa shape index (κ3) is 5.89. The van der Waals surface area contributed by atoms with Gasteiger partial charge in [0.2, 0.25) is 5.91 Å². The van der Waals surface area contributed by atoms with Crippen molar-refractivity contribution in [2.45, 2.75) is 25.8 Å². The van der Waals surface area contributed by atoms with E-state index in [1.165, 1.54) is 0 Å². The molecule has 0 aromatic heterocycles. The maximum atomic E-state index is 11.5. The Balaban J connectivity index is 0.00000289. The maximum Gasteiger partial charge on any atom is 0.220 e. The van der Waals surface area contributed by atoms with Gasteiger partial charge in [-0.1, -0.05) is 12.1 Å². The van der Waals surface area contributed by atoms with Crippen LogP contribution < -0.4 is 15.8 Å². The summed E-state index contributed by atoms with van der Waals surface area (Å²) in [6.07, 6.45) is 1.18. The molecule has 0 aliphatic carbocycles. The van der Waals surface area contributed by atoms with E-state index < -0.39 is 0 Å². The molecule has 102 valence electrons. The predicted molar refractivity (Wildman–Crippen MR) is 75.2 cm³/mol. The number of carbonyl (C=O) groups excluding carboxylic acids is 1. The summed E-state index contributed by atoms with van der Waals surface area (Å²) in [4.78, 5) is 11.5. The van der Waals surface area contributed by atoms with Crippen LogP contribution in [-0.2, 0) is 11.2 Å². The monoisotopic (exact) mass is 272 g/mol. The van der Waals surface area contributed by atoms with Gasteiger partial charge in [0, 0.05) is 19.0 Å². The average molecular weight is 273 g/mol. The molecule has 3 N–H and O–H groups in total. The summed E-state index contributed by atoms with van der Waals surface area (Å²) in [6, 6.07) is 7.78.